The molecule has 1 saturated heterocycles. The minimum absolute atomic E-state index is 0.0886. The molecule has 100 valence electrons. The van der Waals surface area contributed by atoms with Crippen LogP contribution in [0.2, 0.25) is 0 Å². The van der Waals surface area contributed by atoms with E-state index in [2.05, 4.69) is 4.98 Å². The van der Waals surface area contributed by atoms with Gasteiger partial charge in [0, 0.05) is 13.3 Å². The molecule has 8 heteroatoms. The summed E-state index contributed by atoms with van der Waals surface area (Å²) in [5.41, 5.74) is 4.74. The van der Waals surface area contributed by atoms with E-state index in [0.717, 1.165) is 4.57 Å². The average Bonchev–Trinajstić information content (AvgIpc) is 2.66. The van der Waals surface area contributed by atoms with E-state index < -0.39 is 30.2 Å². The number of nitrogens with zero attached hydrogens (tertiary/aromatic N) is 2. The summed E-state index contributed by atoms with van der Waals surface area (Å²) >= 11 is 0. The maximum atomic E-state index is 11.6. The van der Waals surface area contributed by atoms with Crippen molar-refractivity contribution in [1.82, 2.24) is 9.55 Å². The van der Waals surface area contributed by atoms with Gasteiger partial charge in [0.2, 0.25) is 0 Å². The van der Waals surface area contributed by atoms with Gasteiger partial charge in [-0.15, -0.1) is 0 Å². The van der Waals surface area contributed by atoms with Gasteiger partial charge < -0.3 is 25.4 Å². The van der Waals surface area contributed by atoms with Gasteiger partial charge >= 0.3 is 5.69 Å². The second kappa shape index (κ2) is 5.02. The number of rotatable bonds is 3. The van der Waals surface area contributed by atoms with Crippen LogP contribution in [0.1, 0.15) is 6.23 Å². The molecular formula is C10H15N3O5. The summed E-state index contributed by atoms with van der Waals surface area (Å²) in [5.74, 6) is 0.0886. The Labute approximate surface area is 103 Å². The van der Waals surface area contributed by atoms with Gasteiger partial charge in [0.1, 0.15) is 24.1 Å². The summed E-state index contributed by atoms with van der Waals surface area (Å²) in [6.07, 6.45) is -2.04. The number of ether oxygens (including phenoxy) is 2. The zero-order chi connectivity index (χ0) is 13.3. The lowest BCUT2D eigenvalue weighted by atomic mass is 10.1. The largest absolute Gasteiger partial charge is 0.394 e. The van der Waals surface area contributed by atoms with Crippen LogP contribution >= 0.6 is 0 Å². The van der Waals surface area contributed by atoms with Gasteiger partial charge in [0.25, 0.3) is 0 Å². The summed E-state index contributed by atoms with van der Waals surface area (Å²) in [6.45, 7) is -0.316. The van der Waals surface area contributed by atoms with E-state index in [1.807, 2.05) is 0 Å². The average molecular weight is 257 g/mol. The Morgan fingerprint density at radius 2 is 2.39 bits per heavy atom. The van der Waals surface area contributed by atoms with E-state index in [1.165, 1.54) is 19.4 Å². The van der Waals surface area contributed by atoms with Gasteiger partial charge in [0.15, 0.2) is 6.23 Å². The zero-order valence-corrected chi connectivity index (χ0v) is 9.76. The van der Waals surface area contributed by atoms with Crippen molar-refractivity contribution in [1.29, 1.82) is 0 Å². The SMILES string of the molecule is COC1C(CO)OC(n2ccc(N)nc2=O)[C@@H]1O. The summed E-state index contributed by atoms with van der Waals surface area (Å²) in [5, 5.41) is 19.1. The molecule has 2 heterocycles. The van der Waals surface area contributed by atoms with Crippen LogP contribution in [0, 0.1) is 0 Å². The molecule has 0 spiro atoms. The molecule has 18 heavy (non-hydrogen) atoms. The number of aromatic nitrogens is 2. The molecule has 1 fully saturated rings. The fraction of sp³-hybridized carbons (Fsp3) is 0.600. The Hall–Kier alpha value is -1.48. The molecule has 0 aliphatic carbocycles. The van der Waals surface area contributed by atoms with E-state index >= 15 is 0 Å². The minimum Gasteiger partial charge on any atom is -0.394 e. The lowest BCUT2D eigenvalue weighted by Gasteiger charge is -2.18. The second-order valence-corrected chi connectivity index (χ2v) is 3.98. The number of aliphatic hydroxyl groups excluding tert-OH is 2. The molecule has 8 nitrogen and oxygen atoms in total. The Bertz CT molecular complexity index is 477. The Kier molecular flexibility index (Phi) is 3.62. The molecule has 4 atom stereocenters. The van der Waals surface area contributed by atoms with Crippen LogP contribution < -0.4 is 11.4 Å². The van der Waals surface area contributed by atoms with E-state index in [-0.39, 0.29) is 12.4 Å². The molecule has 1 aliphatic heterocycles. The topological polar surface area (TPSA) is 120 Å². The fourth-order valence-electron chi connectivity index (χ4n) is 2.01. The first kappa shape index (κ1) is 13.0. The summed E-state index contributed by atoms with van der Waals surface area (Å²) < 4.78 is 11.6. The van der Waals surface area contributed by atoms with Crippen LogP contribution in [-0.2, 0) is 9.47 Å². The van der Waals surface area contributed by atoms with Crippen LogP contribution in [0.15, 0.2) is 17.1 Å². The summed E-state index contributed by atoms with van der Waals surface area (Å²) in [6, 6.07) is 1.42. The molecular weight excluding hydrogens is 242 g/mol. The summed E-state index contributed by atoms with van der Waals surface area (Å²) in [4.78, 5) is 15.2. The van der Waals surface area contributed by atoms with Crippen LogP contribution in [-0.4, -0.2) is 51.8 Å². The first-order valence-corrected chi connectivity index (χ1v) is 5.40. The third-order valence-corrected chi connectivity index (χ3v) is 2.89. The standard InChI is InChI=1S/C10H15N3O5/c1-17-8-5(4-14)18-9(7(8)15)13-3-2-6(11)12-10(13)16/h2-3,5,7-9,14-15H,4H2,1H3,(H2,11,12,16)/t5?,7-,8?,9?/m1/s1. The van der Waals surface area contributed by atoms with Gasteiger partial charge in [-0.1, -0.05) is 0 Å². The highest BCUT2D eigenvalue weighted by Crippen LogP contribution is 2.29. The smallest absolute Gasteiger partial charge is 0.351 e. The fourth-order valence-corrected chi connectivity index (χ4v) is 2.01. The van der Waals surface area contributed by atoms with Crippen molar-refractivity contribution in [2.75, 3.05) is 19.5 Å². The minimum atomic E-state index is -1.07. The van der Waals surface area contributed by atoms with Crippen molar-refractivity contribution in [3.05, 3.63) is 22.7 Å². The second-order valence-electron chi connectivity index (χ2n) is 3.98. The van der Waals surface area contributed by atoms with Crippen LogP contribution in [0.25, 0.3) is 0 Å². The van der Waals surface area contributed by atoms with Crippen molar-refractivity contribution < 1.29 is 19.7 Å². The predicted octanol–water partition coefficient (Wildman–Crippen LogP) is -1.91. The first-order valence-electron chi connectivity index (χ1n) is 5.40. The molecule has 1 aliphatic rings. The quantitative estimate of drug-likeness (QED) is 0.578. The van der Waals surface area contributed by atoms with Crippen molar-refractivity contribution in [3.63, 3.8) is 0 Å². The number of hydrogen-bond donors (Lipinski definition) is 3. The van der Waals surface area contributed by atoms with Crippen molar-refractivity contribution in [2.45, 2.75) is 24.5 Å². The zero-order valence-electron chi connectivity index (χ0n) is 9.76. The maximum Gasteiger partial charge on any atom is 0.351 e. The number of nitrogen functional groups attached to an aromatic ring is 1. The molecule has 0 saturated carbocycles. The normalized spacial score (nSPS) is 31.7. The van der Waals surface area contributed by atoms with Gasteiger partial charge in [-0.25, -0.2) is 4.79 Å². The third kappa shape index (κ3) is 2.10. The molecule has 0 aromatic carbocycles. The highest BCUT2D eigenvalue weighted by molar-refractivity contribution is 5.23. The third-order valence-electron chi connectivity index (χ3n) is 2.89. The Balaban J connectivity index is 2.32. The van der Waals surface area contributed by atoms with Crippen molar-refractivity contribution in [3.8, 4) is 0 Å². The molecule has 0 bridgehead atoms. The number of aliphatic hydroxyl groups is 2. The number of anilines is 1. The molecule has 2 rings (SSSR count). The van der Waals surface area contributed by atoms with E-state index in [9.17, 15) is 9.90 Å². The molecule has 4 N–H and O–H groups in total. The lowest BCUT2D eigenvalue weighted by molar-refractivity contribution is -0.0568. The number of nitrogens with two attached hydrogens (primary N) is 1. The van der Waals surface area contributed by atoms with Crippen molar-refractivity contribution >= 4 is 5.82 Å². The van der Waals surface area contributed by atoms with Gasteiger partial charge in [-0.05, 0) is 6.07 Å². The number of hydrogen-bond acceptors (Lipinski definition) is 7. The molecule has 1 aromatic rings. The van der Waals surface area contributed by atoms with Crippen molar-refractivity contribution in [2.24, 2.45) is 0 Å². The highest BCUT2D eigenvalue weighted by Gasteiger charge is 2.45. The monoisotopic (exact) mass is 257 g/mol. The van der Waals surface area contributed by atoms with Crippen LogP contribution in [0.4, 0.5) is 5.82 Å². The predicted molar refractivity (Wildman–Crippen MR) is 60.7 cm³/mol. The van der Waals surface area contributed by atoms with E-state index in [4.69, 9.17) is 20.3 Å². The van der Waals surface area contributed by atoms with E-state index in [1.54, 1.807) is 0 Å². The van der Waals surface area contributed by atoms with Gasteiger partial charge in [-0.3, -0.25) is 4.57 Å². The Morgan fingerprint density at radius 1 is 1.67 bits per heavy atom. The molecule has 0 amide bonds. The molecule has 3 unspecified atom stereocenters. The Morgan fingerprint density at radius 3 is 2.89 bits per heavy atom. The molecule has 1 aromatic heterocycles. The lowest BCUT2D eigenvalue weighted by Crippen LogP contribution is -2.37. The summed E-state index contributed by atoms with van der Waals surface area (Å²) in [7, 11) is 1.40. The van der Waals surface area contributed by atoms with Crippen LogP contribution in [0.3, 0.4) is 0 Å². The van der Waals surface area contributed by atoms with E-state index in [0.29, 0.717) is 0 Å². The molecule has 0 radical (unpaired) electrons. The van der Waals surface area contributed by atoms with Crippen LogP contribution in [0.5, 0.6) is 0 Å². The number of methoxy groups -OCH3 is 1. The van der Waals surface area contributed by atoms with Gasteiger partial charge in [0.05, 0.1) is 6.61 Å². The maximum absolute atomic E-state index is 11.6. The first-order chi connectivity index (χ1) is 8.58. The highest BCUT2D eigenvalue weighted by atomic mass is 16.6. The van der Waals surface area contributed by atoms with Gasteiger partial charge in [-0.2, -0.15) is 4.98 Å².